The molecular formula is C11H17NO2. The van der Waals surface area contributed by atoms with Crippen molar-refractivity contribution < 1.29 is 9.84 Å². The van der Waals surface area contributed by atoms with E-state index in [1.54, 1.807) is 0 Å². The van der Waals surface area contributed by atoms with Gasteiger partial charge in [-0.05, 0) is 31.5 Å². The van der Waals surface area contributed by atoms with Crippen LogP contribution in [0.25, 0.3) is 0 Å². The predicted octanol–water partition coefficient (Wildman–Crippen LogP) is 1.47. The van der Waals surface area contributed by atoms with Gasteiger partial charge in [0.05, 0.1) is 18.8 Å². The Hall–Kier alpha value is -1.06. The van der Waals surface area contributed by atoms with Crippen molar-refractivity contribution >= 4 is 0 Å². The lowest BCUT2D eigenvalue weighted by Gasteiger charge is -2.12. The predicted molar refractivity (Wildman–Crippen MR) is 56.2 cm³/mol. The summed E-state index contributed by atoms with van der Waals surface area (Å²) in [6.45, 7) is 3.92. The fourth-order valence-corrected chi connectivity index (χ4v) is 1.17. The maximum Gasteiger partial charge on any atom is 0.119 e. The van der Waals surface area contributed by atoms with Crippen molar-refractivity contribution in [3.63, 3.8) is 0 Å². The number of hydrogen-bond donors (Lipinski definition) is 2. The van der Waals surface area contributed by atoms with Crippen LogP contribution >= 0.6 is 0 Å². The Morgan fingerprint density at radius 1 is 1.29 bits per heavy atom. The highest BCUT2D eigenvalue weighted by Gasteiger charge is 2.04. The Morgan fingerprint density at radius 3 is 2.29 bits per heavy atom. The Balaban J connectivity index is 2.68. The van der Waals surface area contributed by atoms with Crippen molar-refractivity contribution in [1.29, 1.82) is 0 Å². The summed E-state index contributed by atoms with van der Waals surface area (Å²) in [5.41, 5.74) is 6.57. The molecule has 1 rings (SSSR count). The van der Waals surface area contributed by atoms with E-state index >= 15 is 0 Å². The number of aliphatic hydroxyl groups is 1. The van der Waals surface area contributed by atoms with E-state index in [0.717, 1.165) is 11.3 Å². The van der Waals surface area contributed by atoms with Crippen LogP contribution in [0.3, 0.4) is 0 Å². The van der Waals surface area contributed by atoms with Gasteiger partial charge in [-0.3, -0.25) is 0 Å². The minimum absolute atomic E-state index is 0.0373. The van der Waals surface area contributed by atoms with Crippen LogP contribution in [0.2, 0.25) is 0 Å². The Kier molecular flexibility index (Phi) is 3.92. The van der Waals surface area contributed by atoms with Gasteiger partial charge in [-0.15, -0.1) is 0 Å². The van der Waals surface area contributed by atoms with Crippen LogP contribution in [-0.4, -0.2) is 17.8 Å². The molecule has 0 amide bonds. The zero-order chi connectivity index (χ0) is 10.6. The maximum absolute atomic E-state index is 8.85. The van der Waals surface area contributed by atoms with E-state index in [1.807, 2.05) is 38.1 Å². The molecule has 3 nitrogen and oxygen atoms in total. The van der Waals surface area contributed by atoms with Crippen molar-refractivity contribution in [3.05, 3.63) is 29.8 Å². The Bertz CT molecular complexity index is 269. The van der Waals surface area contributed by atoms with Crippen LogP contribution < -0.4 is 10.5 Å². The molecule has 0 aliphatic carbocycles. The molecule has 1 atom stereocenters. The summed E-state index contributed by atoms with van der Waals surface area (Å²) in [5, 5.41) is 8.85. The van der Waals surface area contributed by atoms with Crippen LogP contribution in [0.1, 0.15) is 25.5 Å². The highest BCUT2D eigenvalue weighted by atomic mass is 16.5. The molecule has 1 aromatic carbocycles. The number of aliphatic hydroxyl groups excluding tert-OH is 1. The van der Waals surface area contributed by atoms with Gasteiger partial charge in [0.2, 0.25) is 0 Å². The molecule has 3 N–H and O–H groups in total. The van der Waals surface area contributed by atoms with Crippen molar-refractivity contribution in [2.45, 2.75) is 26.0 Å². The second kappa shape index (κ2) is 4.98. The first kappa shape index (κ1) is 11.0. The summed E-state index contributed by atoms with van der Waals surface area (Å²) in [6.07, 6.45) is 0.173. The Morgan fingerprint density at radius 2 is 1.86 bits per heavy atom. The largest absolute Gasteiger partial charge is 0.491 e. The standard InChI is InChI=1S/C11H17NO2/c1-8(2)14-10-5-3-9(4-6-10)11(12)7-13/h3-6,8,11,13H,7,12H2,1-2H3/t11-/m0/s1. The summed E-state index contributed by atoms with van der Waals surface area (Å²) < 4.78 is 5.48. The summed E-state index contributed by atoms with van der Waals surface area (Å²) in [6, 6.07) is 7.18. The van der Waals surface area contributed by atoms with Crippen LogP contribution in [0, 0.1) is 0 Å². The molecule has 0 aliphatic rings. The number of benzene rings is 1. The first-order valence-electron chi connectivity index (χ1n) is 4.76. The third kappa shape index (κ3) is 3.01. The van der Waals surface area contributed by atoms with Crippen molar-refractivity contribution in [3.8, 4) is 5.75 Å². The average Bonchev–Trinajstić information content (AvgIpc) is 2.17. The van der Waals surface area contributed by atoms with E-state index in [4.69, 9.17) is 15.6 Å². The minimum atomic E-state index is -0.303. The molecule has 1 aromatic rings. The van der Waals surface area contributed by atoms with Crippen LogP contribution in [0.5, 0.6) is 5.75 Å². The molecule has 14 heavy (non-hydrogen) atoms. The molecule has 0 saturated carbocycles. The molecule has 0 unspecified atom stereocenters. The molecule has 0 saturated heterocycles. The molecular weight excluding hydrogens is 178 g/mol. The zero-order valence-electron chi connectivity index (χ0n) is 8.60. The molecule has 78 valence electrons. The second-order valence-corrected chi connectivity index (χ2v) is 3.52. The highest BCUT2D eigenvalue weighted by Crippen LogP contribution is 2.17. The van der Waals surface area contributed by atoms with Gasteiger partial charge in [-0.2, -0.15) is 0 Å². The SMILES string of the molecule is CC(C)Oc1ccc([C@@H](N)CO)cc1. The third-order valence-electron chi connectivity index (χ3n) is 1.88. The Labute approximate surface area is 84.5 Å². The molecule has 0 bridgehead atoms. The lowest BCUT2D eigenvalue weighted by molar-refractivity contribution is 0.242. The van der Waals surface area contributed by atoms with E-state index in [-0.39, 0.29) is 18.8 Å². The molecule has 0 radical (unpaired) electrons. The summed E-state index contributed by atoms with van der Waals surface area (Å²) >= 11 is 0. The molecule has 0 aromatic heterocycles. The number of nitrogens with two attached hydrogens (primary N) is 1. The van der Waals surface area contributed by atoms with Gasteiger partial charge in [0.1, 0.15) is 5.75 Å². The van der Waals surface area contributed by atoms with Gasteiger partial charge in [-0.1, -0.05) is 12.1 Å². The zero-order valence-corrected chi connectivity index (χ0v) is 8.60. The van der Waals surface area contributed by atoms with E-state index in [2.05, 4.69) is 0 Å². The summed E-state index contributed by atoms with van der Waals surface area (Å²) in [4.78, 5) is 0. The van der Waals surface area contributed by atoms with Gasteiger partial charge in [0, 0.05) is 0 Å². The molecule has 0 heterocycles. The minimum Gasteiger partial charge on any atom is -0.491 e. The van der Waals surface area contributed by atoms with Crippen molar-refractivity contribution in [1.82, 2.24) is 0 Å². The van der Waals surface area contributed by atoms with Crippen molar-refractivity contribution in [2.24, 2.45) is 5.73 Å². The molecule has 3 heteroatoms. The van der Waals surface area contributed by atoms with E-state index in [9.17, 15) is 0 Å². The molecule has 0 spiro atoms. The number of ether oxygens (including phenoxy) is 1. The van der Waals surface area contributed by atoms with E-state index in [1.165, 1.54) is 0 Å². The fourth-order valence-electron chi connectivity index (χ4n) is 1.17. The maximum atomic E-state index is 8.85. The van der Waals surface area contributed by atoms with Gasteiger partial charge in [0.15, 0.2) is 0 Å². The van der Waals surface area contributed by atoms with Gasteiger partial charge >= 0.3 is 0 Å². The second-order valence-electron chi connectivity index (χ2n) is 3.52. The van der Waals surface area contributed by atoms with E-state index in [0.29, 0.717) is 0 Å². The van der Waals surface area contributed by atoms with Gasteiger partial charge in [0.25, 0.3) is 0 Å². The monoisotopic (exact) mass is 195 g/mol. The summed E-state index contributed by atoms with van der Waals surface area (Å²) in [5.74, 6) is 0.828. The smallest absolute Gasteiger partial charge is 0.119 e. The number of hydrogen-bond acceptors (Lipinski definition) is 3. The van der Waals surface area contributed by atoms with Crippen LogP contribution in [0.15, 0.2) is 24.3 Å². The molecule has 0 aliphatic heterocycles. The highest BCUT2D eigenvalue weighted by molar-refractivity contribution is 5.29. The van der Waals surface area contributed by atoms with Gasteiger partial charge < -0.3 is 15.6 Å². The lowest BCUT2D eigenvalue weighted by Crippen LogP contribution is -2.14. The normalized spacial score (nSPS) is 12.9. The third-order valence-corrected chi connectivity index (χ3v) is 1.88. The lowest BCUT2D eigenvalue weighted by atomic mass is 10.1. The topological polar surface area (TPSA) is 55.5 Å². The van der Waals surface area contributed by atoms with Gasteiger partial charge in [-0.25, -0.2) is 0 Å². The summed E-state index contributed by atoms with van der Waals surface area (Å²) in [7, 11) is 0. The fraction of sp³-hybridized carbons (Fsp3) is 0.455. The van der Waals surface area contributed by atoms with Crippen molar-refractivity contribution in [2.75, 3.05) is 6.61 Å². The quantitative estimate of drug-likeness (QED) is 0.764. The van der Waals surface area contributed by atoms with Crippen LogP contribution in [0.4, 0.5) is 0 Å². The first-order valence-corrected chi connectivity index (χ1v) is 4.76. The first-order chi connectivity index (χ1) is 6.63. The van der Waals surface area contributed by atoms with Crippen LogP contribution in [-0.2, 0) is 0 Å². The number of rotatable bonds is 4. The molecule has 0 fully saturated rings. The average molecular weight is 195 g/mol. The van der Waals surface area contributed by atoms with E-state index < -0.39 is 0 Å².